The van der Waals surface area contributed by atoms with Gasteiger partial charge in [-0.3, -0.25) is 14.5 Å². The molecular weight excluding hydrogens is 406 g/mol. The number of thiocarbonyl (C=S) groups is 1. The molecule has 0 radical (unpaired) electrons. The summed E-state index contributed by atoms with van der Waals surface area (Å²) in [6, 6.07) is 12.2. The van der Waals surface area contributed by atoms with Crippen molar-refractivity contribution >= 4 is 40.9 Å². The summed E-state index contributed by atoms with van der Waals surface area (Å²) in [5.41, 5.74) is 6.74. The van der Waals surface area contributed by atoms with Gasteiger partial charge in [-0.1, -0.05) is 6.07 Å². The van der Waals surface area contributed by atoms with Crippen molar-refractivity contribution < 1.29 is 23.8 Å². The second-order valence-corrected chi connectivity index (χ2v) is 6.61. The Morgan fingerprint density at radius 3 is 2.53 bits per heavy atom. The summed E-state index contributed by atoms with van der Waals surface area (Å²) < 4.78 is 16.0. The number of hydrogen-bond donors (Lipinski definition) is 2. The number of carbonyl (C=O) groups excluding carboxylic acids is 2. The first-order valence-electron chi connectivity index (χ1n) is 9.12. The highest BCUT2D eigenvalue weighted by atomic mass is 32.1. The summed E-state index contributed by atoms with van der Waals surface area (Å²) in [5, 5.41) is 3.22. The number of primary amides is 1. The lowest BCUT2D eigenvalue weighted by atomic mass is 10.1. The molecule has 2 aromatic rings. The van der Waals surface area contributed by atoms with Gasteiger partial charge in [-0.25, -0.2) is 0 Å². The third kappa shape index (κ3) is 4.69. The van der Waals surface area contributed by atoms with Crippen molar-refractivity contribution in [2.75, 3.05) is 25.2 Å². The largest absolute Gasteiger partial charge is 0.494 e. The first kappa shape index (κ1) is 21.1. The Kier molecular flexibility index (Phi) is 6.53. The van der Waals surface area contributed by atoms with Crippen LogP contribution in [0.4, 0.5) is 5.69 Å². The summed E-state index contributed by atoms with van der Waals surface area (Å²) in [5.74, 6) is 0.620. The standard InChI is InChI=1S/C21H21N3O5S/c1-3-28-15-7-5-14(6-8-15)24-20(26)16(23-21(24)30)10-13-4-9-17(18(11-13)27-2)29-12-19(22)25/h4-11H,3,12H2,1-2H3,(H2,22,25)(H,23,30)/b16-10+. The molecule has 1 fully saturated rings. The van der Waals surface area contributed by atoms with Crippen LogP contribution >= 0.6 is 12.2 Å². The number of carbonyl (C=O) groups is 2. The molecule has 0 atom stereocenters. The average Bonchev–Trinajstić information content (AvgIpc) is 3.00. The van der Waals surface area contributed by atoms with Gasteiger partial charge < -0.3 is 25.3 Å². The summed E-state index contributed by atoms with van der Waals surface area (Å²) in [7, 11) is 1.48. The molecule has 2 aromatic carbocycles. The molecule has 0 spiro atoms. The van der Waals surface area contributed by atoms with Gasteiger partial charge in [0, 0.05) is 0 Å². The minimum atomic E-state index is -0.591. The first-order valence-corrected chi connectivity index (χ1v) is 9.53. The maximum absolute atomic E-state index is 12.9. The van der Waals surface area contributed by atoms with Crippen molar-refractivity contribution in [1.82, 2.24) is 5.32 Å². The summed E-state index contributed by atoms with van der Waals surface area (Å²) in [6.07, 6.45) is 1.66. The molecule has 0 unspecified atom stereocenters. The molecule has 8 nitrogen and oxygen atoms in total. The molecule has 30 heavy (non-hydrogen) atoms. The lowest BCUT2D eigenvalue weighted by Gasteiger charge is -2.14. The highest BCUT2D eigenvalue weighted by molar-refractivity contribution is 7.80. The second-order valence-electron chi connectivity index (χ2n) is 6.22. The van der Waals surface area contributed by atoms with Gasteiger partial charge in [-0.05, 0) is 67.2 Å². The van der Waals surface area contributed by atoms with E-state index < -0.39 is 5.91 Å². The van der Waals surface area contributed by atoms with Crippen molar-refractivity contribution in [3.05, 3.63) is 53.7 Å². The summed E-state index contributed by atoms with van der Waals surface area (Å²) >= 11 is 5.34. The van der Waals surface area contributed by atoms with E-state index in [-0.39, 0.29) is 17.6 Å². The lowest BCUT2D eigenvalue weighted by molar-refractivity contribution is -0.120. The minimum absolute atomic E-state index is 0.262. The molecule has 1 aliphatic heterocycles. The SMILES string of the molecule is CCOc1ccc(N2C(=O)/C(=C\c3ccc(OCC(N)=O)c(OC)c3)NC2=S)cc1. The molecule has 2 amide bonds. The van der Waals surface area contributed by atoms with E-state index in [4.69, 9.17) is 32.2 Å². The van der Waals surface area contributed by atoms with Crippen molar-refractivity contribution in [1.29, 1.82) is 0 Å². The molecule has 9 heteroatoms. The third-order valence-electron chi connectivity index (χ3n) is 4.15. The molecule has 0 bridgehead atoms. The number of benzene rings is 2. The van der Waals surface area contributed by atoms with Crippen molar-refractivity contribution in [3.8, 4) is 17.2 Å². The van der Waals surface area contributed by atoms with E-state index in [2.05, 4.69) is 5.32 Å². The van der Waals surface area contributed by atoms with Crippen molar-refractivity contribution in [2.45, 2.75) is 6.92 Å². The lowest BCUT2D eigenvalue weighted by Crippen LogP contribution is -2.30. The van der Waals surface area contributed by atoms with Gasteiger partial charge in [0.25, 0.3) is 11.8 Å². The highest BCUT2D eigenvalue weighted by Gasteiger charge is 2.32. The van der Waals surface area contributed by atoms with Crippen LogP contribution in [-0.2, 0) is 9.59 Å². The molecule has 3 rings (SSSR count). The molecule has 0 saturated carbocycles. The number of amides is 2. The zero-order valence-corrected chi connectivity index (χ0v) is 17.3. The van der Waals surface area contributed by atoms with Crippen molar-refractivity contribution in [2.24, 2.45) is 5.73 Å². The molecule has 0 aliphatic carbocycles. The van der Waals surface area contributed by atoms with E-state index in [0.29, 0.717) is 40.8 Å². The van der Waals surface area contributed by atoms with Crippen molar-refractivity contribution in [3.63, 3.8) is 0 Å². The third-order valence-corrected chi connectivity index (χ3v) is 4.44. The zero-order valence-electron chi connectivity index (χ0n) is 16.5. The second kappa shape index (κ2) is 9.27. The van der Waals surface area contributed by atoms with E-state index in [9.17, 15) is 9.59 Å². The Hall–Kier alpha value is -3.59. The predicted molar refractivity (Wildman–Crippen MR) is 116 cm³/mol. The molecular formula is C21H21N3O5S. The maximum atomic E-state index is 12.9. The van der Waals surface area contributed by atoms with Crippen LogP contribution in [0.2, 0.25) is 0 Å². The Balaban J connectivity index is 1.81. The maximum Gasteiger partial charge on any atom is 0.281 e. The molecule has 1 saturated heterocycles. The number of methoxy groups -OCH3 is 1. The first-order chi connectivity index (χ1) is 14.4. The molecule has 1 heterocycles. The van der Waals surface area contributed by atoms with Gasteiger partial charge in [0.2, 0.25) is 0 Å². The number of hydrogen-bond acceptors (Lipinski definition) is 6. The van der Waals surface area contributed by atoms with Crippen LogP contribution in [0.5, 0.6) is 17.2 Å². The van der Waals surface area contributed by atoms with E-state index in [1.165, 1.54) is 12.0 Å². The van der Waals surface area contributed by atoms with Gasteiger partial charge in [0.05, 0.1) is 19.4 Å². The Morgan fingerprint density at radius 2 is 1.90 bits per heavy atom. The van der Waals surface area contributed by atoms with E-state index in [0.717, 1.165) is 0 Å². The zero-order chi connectivity index (χ0) is 21.7. The molecule has 156 valence electrons. The van der Waals surface area contributed by atoms with Crippen LogP contribution in [0.15, 0.2) is 48.2 Å². The van der Waals surface area contributed by atoms with Crippen LogP contribution in [0, 0.1) is 0 Å². The fraction of sp³-hybridized carbons (Fsp3) is 0.190. The molecule has 1 aliphatic rings. The number of nitrogens with zero attached hydrogens (tertiary/aromatic N) is 1. The quantitative estimate of drug-likeness (QED) is 0.492. The highest BCUT2D eigenvalue weighted by Crippen LogP contribution is 2.30. The minimum Gasteiger partial charge on any atom is -0.494 e. The topological polar surface area (TPSA) is 103 Å². The normalized spacial score (nSPS) is 14.6. The van der Waals surface area contributed by atoms with Gasteiger partial charge in [0.1, 0.15) is 11.4 Å². The number of anilines is 1. The Labute approximate surface area is 179 Å². The van der Waals surface area contributed by atoms with Gasteiger partial charge >= 0.3 is 0 Å². The summed E-state index contributed by atoms with van der Waals surface area (Å²) in [6.45, 7) is 2.20. The average molecular weight is 427 g/mol. The molecule has 3 N–H and O–H groups in total. The van der Waals surface area contributed by atoms with Gasteiger partial charge in [-0.15, -0.1) is 0 Å². The predicted octanol–water partition coefficient (Wildman–Crippen LogP) is 2.22. The fourth-order valence-electron chi connectivity index (χ4n) is 2.84. The Morgan fingerprint density at radius 1 is 1.17 bits per heavy atom. The summed E-state index contributed by atoms with van der Waals surface area (Å²) in [4.78, 5) is 25.2. The number of nitrogens with one attached hydrogen (secondary N) is 1. The van der Waals surface area contributed by atoms with E-state index >= 15 is 0 Å². The fourth-order valence-corrected chi connectivity index (χ4v) is 3.13. The Bertz CT molecular complexity index is 1000. The monoisotopic (exact) mass is 427 g/mol. The number of rotatable bonds is 8. The smallest absolute Gasteiger partial charge is 0.281 e. The van der Waals surface area contributed by atoms with Crippen LogP contribution < -0.4 is 30.2 Å². The van der Waals surface area contributed by atoms with Gasteiger partial charge in [0.15, 0.2) is 23.2 Å². The van der Waals surface area contributed by atoms with Crippen LogP contribution in [0.25, 0.3) is 6.08 Å². The van der Waals surface area contributed by atoms with Crippen LogP contribution in [-0.4, -0.2) is 37.3 Å². The number of ether oxygens (including phenoxy) is 3. The molecule has 0 aromatic heterocycles. The van der Waals surface area contributed by atoms with Gasteiger partial charge in [-0.2, -0.15) is 0 Å². The van der Waals surface area contributed by atoms with E-state index in [1.807, 2.05) is 6.92 Å². The van der Waals surface area contributed by atoms with E-state index in [1.54, 1.807) is 48.5 Å². The van der Waals surface area contributed by atoms with Crippen LogP contribution in [0.1, 0.15) is 12.5 Å². The van der Waals surface area contributed by atoms with Crippen LogP contribution in [0.3, 0.4) is 0 Å². The number of nitrogens with two attached hydrogens (primary N) is 1.